The van der Waals surface area contributed by atoms with Gasteiger partial charge < -0.3 is 4.74 Å². The van der Waals surface area contributed by atoms with E-state index >= 15 is 0 Å². The van der Waals surface area contributed by atoms with E-state index in [9.17, 15) is 5.26 Å². The minimum absolute atomic E-state index is 0.0831. The van der Waals surface area contributed by atoms with Crippen molar-refractivity contribution in [2.75, 3.05) is 0 Å². The van der Waals surface area contributed by atoms with Gasteiger partial charge in [0.1, 0.15) is 0 Å². The average molecular weight is 276 g/mol. The fraction of sp³-hybridized carbons (Fsp3) is 0.733. The molecule has 0 radical (unpaired) electrons. The molecule has 4 heteroatoms. The van der Waals surface area contributed by atoms with Crippen molar-refractivity contribution in [3.05, 3.63) is 16.1 Å². The zero-order valence-corrected chi connectivity index (χ0v) is 12.6. The van der Waals surface area contributed by atoms with Gasteiger partial charge in [-0.05, 0) is 19.3 Å². The first-order chi connectivity index (χ1) is 8.93. The molecule has 19 heavy (non-hydrogen) atoms. The van der Waals surface area contributed by atoms with Crippen LogP contribution >= 0.6 is 11.3 Å². The Kier molecular flexibility index (Phi) is 2.95. The third-order valence-electron chi connectivity index (χ3n) is 4.33. The fourth-order valence-corrected chi connectivity index (χ4v) is 4.30. The number of nitrogens with zero attached hydrogens (tertiary/aromatic N) is 2. The van der Waals surface area contributed by atoms with Gasteiger partial charge in [0.25, 0.3) is 0 Å². The van der Waals surface area contributed by atoms with E-state index in [1.165, 1.54) is 0 Å². The molecule has 3 rings (SSSR count). The second kappa shape index (κ2) is 4.29. The number of hydrogen-bond donors (Lipinski definition) is 0. The van der Waals surface area contributed by atoms with E-state index in [0.29, 0.717) is 6.10 Å². The molecule has 102 valence electrons. The molecule has 0 spiro atoms. The Morgan fingerprint density at radius 3 is 2.79 bits per heavy atom. The maximum atomic E-state index is 9.61. The molecule has 2 fully saturated rings. The molecule has 0 aromatic carbocycles. The van der Waals surface area contributed by atoms with Crippen LogP contribution in [0, 0.1) is 16.7 Å². The molecule has 2 saturated heterocycles. The van der Waals surface area contributed by atoms with Crippen LogP contribution in [0.4, 0.5) is 0 Å². The Bertz CT molecular complexity index is 525. The summed E-state index contributed by atoms with van der Waals surface area (Å²) >= 11 is 1.69. The zero-order chi connectivity index (χ0) is 13.7. The summed E-state index contributed by atoms with van der Waals surface area (Å²) in [6.45, 7) is 6.52. The molecular formula is C15H20N2OS. The molecule has 2 aliphatic rings. The number of fused-ring (bicyclic) bond motifs is 2. The highest BCUT2D eigenvalue weighted by Crippen LogP contribution is 2.49. The van der Waals surface area contributed by atoms with E-state index in [1.807, 2.05) is 0 Å². The van der Waals surface area contributed by atoms with Gasteiger partial charge in [-0.15, -0.1) is 11.3 Å². The SMILES string of the molecule is CC(C)(C)c1csc(CC2(C#N)CC3CCC2O3)n1. The highest BCUT2D eigenvalue weighted by Gasteiger charge is 2.53. The predicted octanol–water partition coefficient (Wildman–Crippen LogP) is 3.44. The van der Waals surface area contributed by atoms with Gasteiger partial charge in [0, 0.05) is 17.2 Å². The summed E-state index contributed by atoms with van der Waals surface area (Å²) in [4.78, 5) is 4.73. The van der Waals surface area contributed by atoms with Crippen LogP contribution in [0.5, 0.6) is 0 Å². The first-order valence-corrected chi connectivity index (χ1v) is 7.82. The molecule has 1 aromatic heterocycles. The summed E-state index contributed by atoms with van der Waals surface area (Å²) in [5.41, 5.74) is 0.889. The van der Waals surface area contributed by atoms with Crippen LogP contribution in [0.25, 0.3) is 0 Å². The summed E-state index contributed by atoms with van der Waals surface area (Å²) < 4.78 is 5.88. The van der Waals surface area contributed by atoms with Crippen LogP contribution in [-0.2, 0) is 16.6 Å². The number of ether oxygens (including phenoxy) is 1. The number of rotatable bonds is 2. The smallest absolute Gasteiger partial charge is 0.0945 e. The second-order valence-electron chi connectivity index (χ2n) is 6.85. The van der Waals surface area contributed by atoms with Crippen molar-refractivity contribution in [2.45, 2.75) is 64.1 Å². The minimum Gasteiger partial charge on any atom is -0.373 e. The van der Waals surface area contributed by atoms with Crippen molar-refractivity contribution in [1.82, 2.24) is 4.98 Å². The van der Waals surface area contributed by atoms with Crippen molar-refractivity contribution in [3.63, 3.8) is 0 Å². The van der Waals surface area contributed by atoms with Crippen molar-refractivity contribution < 1.29 is 4.74 Å². The van der Waals surface area contributed by atoms with Gasteiger partial charge in [0.05, 0.1) is 34.4 Å². The summed E-state index contributed by atoms with van der Waals surface area (Å²) in [5.74, 6) is 0. The Hall–Kier alpha value is -0.920. The van der Waals surface area contributed by atoms with E-state index in [4.69, 9.17) is 9.72 Å². The third-order valence-corrected chi connectivity index (χ3v) is 5.17. The molecule has 0 amide bonds. The normalized spacial score (nSPS) is 33.6. The molecule has 3 atom stereocenters. The molecule has 0 aliphatic carbocycles. The average Bonchev–Trinajstić information content (AvgIpc) is 3.02. The van der Waals surface area contributed by atoms with Crippen LogP contribution in [0.2, 0.25) is 0 Å². The lowest BCUT2D eigenvalue weighted by atomic mass is 9.73. The molecule has 0 N–H and O–H groups in total. The van der Waals surface area contributed by atoms with Crippen LogP contribution in [0.15, 0.2) is 5.38 Å². The monoisotopic (exact) mass is 276 g/mol. The van der Waals surface area contributed by atoms with E-state index in [1.54, 1.807) is 11.3 Å². The molecule has 3 unspecified atom stereocenters. The maximum Gasteiger partial charge on any atom is 0.0945 e. The first-order valence-electron chi connectivity index (χ1n) is 6.94. The summed E-state index contributed by atoms with van der Waals surface area (Å²) in [6, 6.07) is 2.55. The van der Waals surface area contributed by atoms with Gasteiger partial charge in [-0.25, -0.2) is 4.98 Å². The maximum absolute atomic E-state index is 9.61. The Morgan fingerprint density at radius 2 is 2.32 bits per heavy atom. The molecular weight excluding hydrogens is 256 g/mol. The van der Waals surface area contributed by atoms with Gasteiger partial charge in [-0.3, -0.25) is 0 Å². The third kappa shape index (κ3) is 2.19. The van der Waals surface area contributed by atoms with Crippen molar-refractivity contribution >= 4 is 11.3 Å². The van der Waals surface area contributed by atoms with Gasteiger partial charge >= 0.3 is 0 Å². The standard InChI is InChI=1S/C15H20N2OS/c1-14(2,3)11-8-19-13(17-11)7-15(9-16)6-10-4-5-12(15)18-10/h8,10,12H,4-7H2,1-3H3. The van der Waals surface area contributed by atoms with E-state index in [-0.39, 0.29) is 16.9 Å². The topological polar surface area (TPSA) is 45.9 Å². The van der Waals surface area contributed by atoms with Crippen LogP contribution < -0.4 is 0 Å². The first kappa shape index (κ1) is 13.1. The molecule has 3 nitrogen and oxygen atoms in total. The molecule has 2 bridgehead atoms. The van der Waals surface area contributed by atoms with E-state index in [0.717, 1.165) is 36.4 Å². The van der Waals surface area contributed by atoms with E-state index < -0.39 is 0 Å². The van der Waals surface area contributed by atoms with Gasteiger partial charge in [-0.2, -0.15) is 5.26 Å². The van der Waals surface area contributed by atoms with Gasteiger partial charge in [0.2, 0.25) is 0 Å². The molecule has 3 heterocycles. The lowest BCUT2D eigenvalue weighted by Crippen LogP contribution is -2.33. The Labute approximate surface area is 118 Å². The van der Waals surface area contributed by atoms with Crippen molar-refractivity contribution in [1.29, 1.82) is 5.26 Å². The van der Waals surface area contributed by atoms with E-state index in [2.05, 4.69) is 32.2 Å². The predicted molar refractivity (Wildman–Crippen MR) is 75.1 cm³/mol. The van der Waals surface area contributed by atoms with Crippen LogP contribution in [0.1, 0.15) is 50.7 Å². The Balaban J connectivity index is 1.81. The highest BCUT2D eigenvalue weighted by atomic mass is 32.1. The summed E-state index contributed by atoms with van der Waals surface area (Å²) in [5, 5.41) is 12.8. The second-order valence-corrected chi connectivity index (χ2v) is 7.79. The lowest BCUT2D eigenvalue weighted by molar-refractivity contribution is 0.0787. The summed E-state index contributed by atoms with van der Waals surface area (Å²) in [6.07, 6.45) is 4.25. The van der Waals surface area contributed by atoms with Crippen molar-refractivity contribution in [3.8, 4) is 6.07 Å². The largest absolute Gasteiger partial charge is 0.373 e. The molecule has 2 aliphatic heterocycles. The summed E-state index contributed by atoms with van der Waals surface area (Å²) in [7, 11) is 0. The van der Waals surface area contributed by atoms with Crippen LogP contribution in [0.3, 0.4) is 0 Å². The van der Waals surface area contributed by atoms with Gasteiger partial charge in [0.15, 0.2) is 0 Å². The zero-order valence-electron chi connectivity index (χ0n) is 11.8. The van der Waals surface area contributed by atoms with Gasteiger partial charge in [-0.1, -0.05) is 20.8 Å². The fourth-order valence-electron chi connectivity index (χ4n) is 3.15. The quantitative estimate of drug-likeness (QED) is 0.831. The number of nitriles is 1. The Morgan fingerprint density at radius 1 is 1.53 bits per heavy atom. The van der Waals surface area contributed by atoms with Crippen LogP contribution in [-0.4, -0.2) is 17.2 Å². The van der Waals surface area contributed by atoms with Crippen molar-refractivity contribution in [2.24, 2.45) is 5.41 Å². The minimum atomic E-state index is -0.323. The molecule has 0 saturated carbocycles. The number of aromatic nitrogens is 1. The molecule has 1 aromatic rings. The highest BCUT2D eigenvalue weighted by molar-refractivity contribution is 7.09. The number of thiazole rings is 1. The lowest BCUT2D eigenvalue weighted by Gasteiger charge is -2.27. The number of hydrogen-bond acceptors (Lipinski definition) is 4.